The fraction of sp³-hybridized carbons (Fsp3) is 0.412. The van der Waals surface area contributed by atoms with Crippen LogP contribution >= 0.6 is 0 Å². The molecule has 2 aromatic rings. The van der Waals surface area contributed by atoms with Gasteiger partial charge in [0.2, 0.25) is 0 Å². The molecule has 2 heteroatoms. The van der Waals surface area contributed by atoms with Gasteiger partial charge in [-0.25, -0.2) is 0 Å². The van der Waals surface area contributed by atoms with Crippen molar-refractivity contribution in [3.8, 4) is 0 Å². The normalized spacial score (nSPS) is 17.4. The molecule has 2 nitrogen and oxygen atoms in total. The Hall–Kier alpha value is -1.54. The maximum atomic E-state index is 3.62. The van der Waals surface area contributed by atoms with Crippen LogP contribution < -0.4 is 5.32 Å². The summed E-state index contributed by atoms with van der Waals surface area (Å²) in [5, 5.41) is 6.23. The van der Waals surface area contributed by atoms with Gasteiger partial charge in [0.05, 0.1) is 0 Å². The molecular weight excluding hydrogens is 232 g/mol. The third-order valence-electron chi connectivity index (χ3n) is 4.60. The zero-order valence-corrected chi connectivity index (χ0v) is 11.8. The van der Waals surface area contributed by atoms with Gasteiger partial charge < -0.3 is 10.2 Å². The zero-order valence-electron chi connectivity index (χ0n) is 11.8. The maximum Gasteiger partial charge on any atom is 0.0375 e. The Labute approximate surface area is 115 Å². The van der Waals surface area contributed by atoms with Crippen molar-refractivity contribution in [2.45, 2.75) is 24.8 Å². The highest BCUT2D eigenvalue weighted by molar-refractivity contribution is 5.85. The summed E-state index contributed by atoms with van der Waals surface area (Å²) in [5.74, 6) is 0. The van der Waals surface area contributed by atoms with Gasteiger partial charge in [-0.05, 0) is 56.3 Å². The largest absolute Gasteiger partial charge is 0.383 e. The van der Waals surface area contributed by atoms with E-state index in [4.69, 9.17) is 0 Å². The minimum atomic E-state index is 0.367. The lowest BCUT2D eigenvalue weighted by molar-refractivity contribution is 0.0739. The van der Waals surface area contributed by atoms with Crippen molar-refractivity contribution in [1.82, 2.24) is 4.90 Å². The van der Waals surface area contributed by atoms with Crippen LogP contribution in [0.25, 0.3) is 10.8 Å². The third kappa shape index (κ3) is 2.33. The van der Waals surface area contributed by atoms with Crippen LogP contribution in [0.1, 0.15) is 19.3 Å². The van der Waals surface area contributed by atoms with Crippen molar-refractivity contribution in [2.24, 2.45) is 0 Å². The fourth-order valence-electron chi connectivity index (χ4n) is 2.93. The second kappa shape index (κ2) is 4.86. The smallest absolute Gasteiger partial charge is 0.0375 e. The van der Waals surface area contributed by atoms with E-state index >= 15 is 0 Å². The number of anilines is 1. The van der Waals surface area contributed by atoms with Crippen molar-refractivity contribution >= 4 is 16.5 Å². The van der Waals surface area contributed by atoms with Gasteiger partial charge in [-0.1, -0.05) is 30.3 Å². The highest BCUT2D eigenvalue weighted by Gasteiger charge is 2.38. The van der Waals surface area contributed by atoms with Crippen LogP contribution in [-0.4, -0.2) is 31.1 Å². The Balaban J connectivity index is 1.75. The second-order valence-corrected chi connectivity index (χ2v) is 5.89. The standard InChI is InChI=1S/C17H22N2/c1-19(2)17(10-5-11-17)13-18-16-9-8-14-6-3-4-7-15(14)12-16/h3-4,6-9,12,18H,5,10-11,13H2,1-2H3. The lowest BCUT2D eigenvalue weighted by atomic mass is 9.75. The Kier molecular flexibility index (Phi) is 3.19. The zero-order chi connectivity index (χ0) is 13.3. The number of nitrogens with one attached hydrogen (secondary N) is 1. The molecule has 0 heterocycles. The summed E-state index contributed by atoms with van der Waals surface area (Å²) in [6, 6.07) is 15.1. The SMILES string of the molecule is CN(C)C1(CNc2ccc3ccccc3c2)CCC1. The molecule has 0 aliphatic heterocycles. The molecule has 100 valence electrons. The molecule has 0 unspecified atom stereocenters. The van der Waals surface area contributed by atoms with Gasteiger partial charge in [0.1, 0.15) is 0 Å². The van der Waals surface area contributed by atoms with Crippen molar-refractivity contribution in [2.75, 3.05) is 26.0 Å². The number of benzene rings is 2. The van der Waals surface area contributed by atoms with E-state index in [0.29, 0.717) is 5.54 Å². The Morgan fingerprint density at radius 3 is 2.42 bits per heavy atom. The van der Waals surface area contributed by atoms with Crippen molar-refractivity contribution in [3.63, 3.8) is 0 Å². The third-order valence-corrected chi connectivity index (χ3v) is 4.60. The van der Waals surface area contributed by atoms with Gasteiger partial charge in [0.25, 0.3) is 0 Å². The van der Waals surface area contributed by atoms with E-state index in [1.54, 1.807) is 0 Å². The van der Waals surface area contributed by atoms with Crippen LogP contribution in [-0.2, 0) is 0 Å². The summed E-state index contributed by atoms with van der Waals surface area (Å²) in [7, 11) is 4.39. The highest BCUT2D eigenvalue weighted by Crippen LogP contribution is 2.36. The molecule has 1 aliphatic rings. The average molecular weight is 254 g/mol. The monoisotopic (exact) mass is 254 g/mol. The quantitative estimate of drug-likeness (QED) is 0.894. The molecule has 1 saturated carbocycles. The first-order chi connectivity index (χ1) is 9.20. The van der Waals surface area contributed by atoms with E-state index < -0.39 is 0 Å². The molecule has 0 saturated heterocycles. The number of nitrogens with zero attached hydrogens (tertiary/aromatic N) is 1. The van der Waals surface area contributed by atoms with E-state index in [0.717, 1.165) is 6.54 Å². The number of likely N-dealkylation sites (N-methyl/N-ethyl adjacent to an activating group) is 1. The lowest BCUT2D eigenvalue weighted by Crippen LogP contribution is -2.54. The summed E-state index contributed by atoms with van der Waals surface area (Å²) in [4.78, 5) is 2.38. The minimum Gasteiger partial charge on any atom is -0.383 e. The molecule has 1 aliphatic carbocycles. The summed E-state index contributed by atoms with van der Waals surface area (Å²) < 4.78 is 0. The minimum absolute atomic E-state index is 0.367. The molecule has 1 fully saturated rings. The second-order valence-electron chi connectivity index (χ2n) is 5.89. The highest BCUT2D eigenvalue weighted by atomic mass is 15.2. The average Bonchev–Trinajstić information content (AvgIpc) is 2.37. The van der Waals surface area contributed by atoms with E-state index in [1.165, 1.54) is 35.7 Å². The van der Waals surface area contributed by atoms with Crippen LogP contribution in [0, 0.1) is 0 Å². The molecule has 0 radical (unpaired) electrons. The first kappa shape index (κ1) is 12.5. The first-order valence-corrected chi connectivity index (χ1v) is 7.10. The van der Waals surface area contributed by atoms with E-state index in [-0.39, 0.29) is 0 Å². The molecular formula is C17H22N2. The van der Waals surface area contributed by atoms with Gasteiger partial charge in [-0.2, -0.15) is 0 Å². The molecule has 0 bridgehead atoms. The van der Waals surface area contributed by atoms with Gasteiger partial charge in [0.15, 0.2) is 0 Å². The number of hydrogen-bond acceptors (Lipinski definition) is 2. The lowest BCUT2D eigenvalue weighted by Gasteiger charge is -2.47. The van der Waals surface area contributed by atoms with E-state index in [2.05, 4.69) is 66.8 Å². The summed E-state index contributed by atoms with van der Waals surface area (Å²) in [6.45, 7) is 1.04. The van der Waals surface area contributed by atoms with Crippen molar-refractivity contribution in [1.29, 1.82) is 0 Å². The summed E-state index contributed by atoms with van der Waals surface area (Å²) in [6.07, 6.45) is 3.97. The van der Waals surface area contributed by atoms with Crippen LogP contribution in [0.4, 0.5) is 5.69 Å². The molecule has 19 heavy (non-hydrogen) atoms. The molecule has 3 rings (SSSR count). The first-order valence-electron chi connectivity index (χ1n) is 7.10. The molecule has 0 spiro atoms. The van der Waals surface area contributed by atoms with Crippen LogP contribution in [0.3, 0.4) is 0 Å². The van der Waals surface area contributed by atoms with Crippen LogP contribution in [0.2, 0.25) is 0 Å². The molecule has 0 aromatic heterocycles. The molecule has 0 atom stereocenters. The molecule has 1 N–H and O–H groups in total. The Morgan fingerprint density at radius 1 is 1.05 bits per heavy atom. The summed E-state index contributed by atoms with van der Waals surface area (Å²) in [5.41, 5.74) is 1.60. The maximum absolute atomic E-state index is 3.62. The van der Waals surface area contributed by atoms with Crippen LogP contribution in [0.15, 0.2) is 42.5 Å². The fourth-order valence-corrected chi connectivity index (χ4v) is 2.93. The van der Waals surface area contributed by atoms with Gasteiger partial charge in [-0.15, -0.1) is 0 Å². The molecule has 2 aromatic carbocycles. The van der Waals surface area contributed by atoms with Crippen LogP contribution in [0.5, 0.6) is 0 Å². The Morgan fingerprint density at radius 2 is 1.79 bits per heavy atom. The van der Waals surface area contributed by atoms with Gasteiger partial charge in [-0.3, -0.25) is 0 Å². The predicted octanol–water partition coefficient (Wildman–Crippen LogP) is 3.74. The molecule has 0 amide bonds. The van der Waals surface area contributed by atoms with Gasteiger partial charge >= 0.3 is 0 Å². The number of hydrogen-bond donors (Lipinski definition) is 1. The number of fused-ring (bicyclic) bond motifs is 1. The summed E-state index contributed by atoms with van der Waals surface area (Å²) >= 11 is 0. The number of rotatable bonds is 4. The Bertz CT molecular complexity index is 570. The van der Waals surface area contributed by atoms with E-state index in [9.17, 15) is 0 Å². The van der Waals surface area contributed by atoms with Crippen molar-refractivity contribution < 1.29 is 0 Å². The topological polar surface area (TPSA) is 15.3 Å². The van der Waals surface area contributed by atoms with Gasteiger partial charge in [0, 0.05) is 17.8 Å². The predicted molar refractivity (Wildman–Crippen MR) is 82.7 cm³/mol. The van der Waals surface area contributed by atoms with E-state index in [1.807, 2.05) is 0 Å². The van der Waals surface area contributed by atoms with Crippen molar-refractivity contribution in [3.05, 3.63) is 42.5 Å².